The lowest BCUT2D eigenvalue weighted by molar-refractivity contribution is -0.128. The van der Waals surface area contributed by atoms with E-state index in [1.54, 1.807) is 16.7 Å². The van der Waals surface area contributed by atoms with Gasteiger partial charge in [-0.1, -0.05) is 29.8 Å². The maximum absolute atomic E-state index is 12.0. The van der Waals surface area contributed by atoms with E-state index in [1.165, 1.54) is 0 Å². The van der Waals surface area contributed by atoms with Crippen molar-refractivity contribution in [2.24, 2.45) is 0 Å². The number of amides is 2. The molecule has 2 rings (SSSR count). The van der Waals surface area contributed by atoms with E-state index in [1.807, 2.05) is 30.5 Å². The lowest BCUT2D eigenvalue weighted by Gasteiger charge is -2.18. The first-order chi connectivity index (χ1) is 10.1. The minimum Gasteiger partial charge on any atom is -0.351 e. The molecule has 0 bridgehead atoms. The number of carbonyl (C=O) groups excluding carboxylic acids is 2. The Morgan fingerprint density at radius 3 is 2.95 bits per heavy atom. The van der Waals surface area contributed by atoms with Gasteiger partial charge < -0.3 is 10.2 Å². The van der Waals surface area contributed by atoms with Crippen molar-refractivity contribution in [2.75, 3.05) is 18.6 Å². The Labute approximate surface area is 134 Å². The van der Waals surface area contributed by atoms with Gasteiger partial charge in [-0.25, -0.2) is 0 Å². The zero-order chi connectivity index (χ0) is 15.2. The van der Waals surface area contributed by atoms with Crippen LogP contribution >= 0.6 is 23.4 Å². The van der Waals surface area contributed by atoms with Gasteiger partial charge in [-0.3, -0.25) is 9.59 Å². The number of nitrogens with one attached hydrogen (secondary N) is 1. The van der Waals surface area contributed by atoms with Gasteiger partial charge in [-0.2, -0.15) is 11.8 Å². The van der Waals surface area contributed by atoms with Crippen LogP contribution in [-0.4, -0.2) is 41.3 Å². The molecule has 1 aromatic carbocycles. The van der Waals surface area contributed by atoms with Crippen molar-refractivity contribution in [3.05, 3.63) is 34.9 Å². The number of rotatable bonds is 6. The topological polar surface area (TPSA) is 49.4 Å². The molecule has 1 aromatic rings. The highest BCUT2D eigenvalue weighted by atomic mass is 35.5. The average Bonchev–Trinajstić information content (AvgIpc) is 2.79. The Kier molecular flexibility index (Phi) is 5.94. The summed E-state index contributed by atoms with van der Waals surface area (Å²) in [7, 11) is 0. The van der Waals surface area contributed by atoms with E-state index in [9.17, 15) is 9.59 Å². The second-order valence-corrected chi connectivity index (χ2v) is 6.47. The van der Waals surface area contributed by atoms with E-state index >= 15 is 0 Å². The van der Waals surface area contributed by atoms with Gasteiger partial charge in [0.1, 0.15) is 0 Å². The molecule has 4 nitrogen and oxygen atoms in total. The molecule has 1 heterocycles. The smallest absolute Gasteiger partial charge is 0.225 e. The molecule has 6 heteroatoms. The standard InChI is InChI=1S/C15H19ClN2O2S/c1-21-7-6-14(19)17-12-8-15(20)18(10-12)9-11-4-2-3-5-13(11)16/h2-5,12H,6-10H2,1H3,(H,17,19). The summed E-state index contributed by atoms with van der Waals surface area (Å²) < 4.78 is 0. The molecule has 1 N–H and O–H groups in total. The van der Waals surface area contributed by atoms with Crippen LogP contribution in [0.2, 0.25) is 5.02 Å². The van der Waals surface area contributed by atoms with Gasteiger partial charge in [0, 0.05) is 36.7 Å². The van der Waals surface area contributed by atoms with Crippen LogP contribution in [0.5, 0.6) is 0 Å². The molecule has 2 amide bonds. The van der Waals surface area contributed by atoms with E-state index in [4.69, 9.17) is 11.6 Å². The zero-order valence-corrected chi connectivity index (χ0v) is 13.5. The lowest BCUT2D eigenvalue weighted by atomic mass is 10.2. The summed E-state index contributed by atoms with van der Waals surface area (Å²) in [5, 5.41) is 3.59. The number of halogens is 1. The number of carbonyl (C=O) groups is 2. The predicted octanol–water partition coefficient (Wildman–Crippen LogP) is 2.31. The molecule has 1 aliphatic heterocycles. The van der Waals surface area contributed by atoms with Gasteiger partial charge in [0.2, 0.25) is 11.8 Å². The van der Waals surface area contributed by atoms with Crippen LogP contribution in [0.25, 0.3) is 0 Å². The molecule has 0 saturated carbocycles. The first-order valence-electron chi connectivity index (χ1n) is 6.89. The number of hydrogen-bond donors (Lipinski definition) is 1. The fourth-order valence-electron chi connectivity index (χ4n) is 2.35. The van der Waals surface area contributed by atoms with Gasteiger partial charge in [0.05, 0.1) is 6.04 Å². The third kappa shape index (κ3) is 4.64. The first-order valence-corrected chi connectivity index (χ1v) is 8.67. The van der Waals surface area contributed by atoms with Crippen molar-refractivity contribution in [2.45, 2.75) is 25.4 Å². The van der Waals surface area contributed by atoms with E-state index in [0.29, 0.717) is 31.0 Å². The van der Waals surface area contributed by atoms with Crippen LogP contribution in [0.15, 0.2) is 24.3 Å². The monoisotopic (exact) mass is 326 g/mol. The average molecular weight is 327 g/mol. The quantitative estimate of drug-likeness (QED) is 0.872. The third-order valence-corrected chi connectivity index (χ3v) is 4.41. The maximum atomic E-state index is 12.0. The molecule has 0 aliphatic carbocycles. The first kappa shape index (κ1) is 16.2. The van der Waals surface area contributed by atoms with Crippen LogP contribution in [0.3, 0.4) is 0 Å². The van der Waals surface area contributed by atoms with Crippen molar-refractivity contribution < 1.29 is 9.59 Å². The molecule has 0 radical (unpaired) electrons. The Balaban J connectivity index is 1.88. The largest absolute Gasteiger partial charge is 0.351 e. The van der Waals surface area contributed by atoms with E-state index in [-0.39, 0.29) is 17.9 Å². The van der Waals surface area contributed by atoms with Crippen LogP contribution < -0.4 is 5.32 Å². The van der Waals surface area contributed by atoms with Crippen molar-refractivity contribution in [1.82, 2.24) is 10.2 Å². The van der Waals surface area contributed by atoms with Gasteiger partial charge in [-0.15, -0.1) is 0 Å². The molecule has 0 spiro atoms. The summed E-state index contributed by atoms with van der Waals surface area (Å²) in [5.74, 6) is 0.877. The zero-order valence-electron chi connectivity index (χ0n) is 12.0. The summed E-state index contributed by atoms with van der Waals surface area (Å²) >= 11 is 7.76. The van der Waals surface area contributed by atoms with E-state index < -0.39 is 0 Å². The number of thioether (sulfide) groups is 1. The Hall–Kier alpha value is -1.20. The molecule has 1 unspecified atom stereocenters. The molecular formula is C15H19ClN2O2S. The Morgan fingerprint density at radius 1 is 1.48 bits per heavy atom. The molecule has 1 saturated heterocycles. The van der Waals surface area contributed by atoms with E-state index in [0.717, 1.165) is 11.3 Å². The highest BCUT2D eigenvalue weighted by molar-refractivity contribution is 7.98. The second kappa shape index (κ2) is 7.71. The van der Waals surface area contributed by atoms with Crippen LogP contribution in [-0.2, 0) is 16.1 Å². The van der Waals surface area contributed by atoms with Crippen molar-refractivity contribution in [3.63, 3.8) is 0 Å². The second-order valence-electron chi connectivity index (χ2n) is 5.08. The molecule has 1 fully saturated rings. The van der Waals surface area contributed by atoms with E-state index in [2.05, 4.69) is 5.32 Å². The van der Waals surface area contributed by atoms with Gasteiger partial charge in [0.25, 0.3) is 0 Å². The summed E-state index contributed by atoms with van der Waals surface area (Å²) in [6, 6.07) is 7.42. The van der Waals surface area contributed by atoms with Gasteiger partial charge in [0.15, 0.2) is 0 Å². The Bertz CT molecular complexity index is 524. The highest BCUT2D eigenvalue weighted by Crippen LogP contribution is 2.20. The molecule has 114 valence electrons. The minimum atomic E-state index is -0.0886. The highest BCUT2D eigenvalue weighted by Gasteiger charge is 2.30. The molecule has 1 atom stereocenters. The molecule has 1 aliphatic rings. The summed E-state index contributed by atoms with van der Waals surface area (Å²) in [6.07, 6.45) is 2.84. The van der Waals surface area contributed by atoms with Crippen LogP contribution in [0.1, 0.15) is 18.4 Å². The number of nitrogens with zero attached hydrogens (tertiary/aromatic N) is 1. The lowest BCUT2D eigenvalue weighted by Crippen LogP contribution is -2.37. The minimum absolute atomic E-state index is 0.0155. The summed E-state index contributed by atoms with van der Waals surface area (Å²) in [5.41, 5.74) is 0.932. The number of benzene rings is 1. The third-order valence-electron chi connectivity index (χ3n) is 3.43. The summed E-state index contributed by atoms with van der Waals surface area (Å²) in [6.45, 7) is 1.05. The molecule has 0 aromatic heterocycles. The van der Waals surface area contributed by atoms with Crippen LogP contribution in [0.4, 0.5) is 0 Å². The number of hydrogen-bond acceptors (Lipinski definition) is 3. The SMILES string of the molecule is CSCCC(=O)NC1CC(=O)N(Cc2ccccc2Cl)C1. The normalized spacial score (nSPS) is 18.1. The van der Waals surface area contributed by atoms with Crippen molar-refractivity contribution in [3.8, 4) is 0 Å². The molecular weight excluding hydrogens is 308 g/mol. The summed E-state index contributed by atoms with van der Waals surface area (Å²) in [4.78, 5) is 25.5. The Morgan fingerprint density at radius 2 is 2.24 bits per heavy atom. The van der Waals surface area contributed by atoms with Gasteiger partial charge >= 0.3 is 0 Å². The number of likely N-dealkylation sites (tertiary alicyclic amines) is 1. The predicted molar refractivity (Wildman–Crippen MR) is 86.4 cm³/mol. The van der Waals surface area contributed by atoms with Crippen molar-refractivity contribution >= 4 is 35.2 Å². The molecule has 21 heavy (non-hydrogen) atoms. The van der Waals surface area contributed by atoms with Crippen LogP contribution in [0, 0.1) is 0 Å². The maximum Gasteiger partial charge on any atom is 0.225 e. The fourth-order valence-corrected chi connectivity index (χ4v) is 2.93. The van der Waals surface area contributed by atoms with Gasteiger partial charge in [-0.05, 0) is 17.9 Å². The van der Waals surface area contributed by atoms with Crippen molar-refractivity contribution in [1.29, 1.82) is 0 Å². The fraction of sp³-hybridized carbons (Fsp3) is 0.467.